The van der Waals surface area contributed by atoms with Crippen molar-refractivity contribution >= 4 is 11.7 Å². The van der Waals surface area contributed by atoms with Gasteiger partial charge in [-0.05, 0) is 13.0 Å². The van der Waals surface area contributed by atoms with Crippen LogP contribution in [-0.2, 0) is 9.47 Å². The van der Waals surface area contributed by atoms with Crippen molar-refractivity contribution in [2.75, 3.05) is 18.9 Å². The van der Waals surface area contributed by atoms with Gasteiger partial charge in [-0.2, -0.15) is 0 Å². The van der Waals surface area contributed by atoms with Gasteiger partial charge in [-0.15, -0.1) is 0 Å². The predicted molar refractivity (Wildman–Crippen MR) is 58.0 cm³/mol. The highest BCUT2D eigenvalue weighted by molar-refractivity contribution is 5.91. The molecule has 0 radical (unpaired) electrons. The van der Waals surface area contributed by atoms with Gasteiger partial charge in [0.05, 0.1) is 36.4 Å². The minimum absolute atomic E-state index is 0.145. The van der Waals surface area contributed by atoms with Crippen molar-refractivity contribution < 1.29 is 14.3 Å². The number of aromatic nitrogens is 1. The Morgan fingerprint density at radius 2 is 2.50 bits per heavy atom. The van der Waals surface area contributed by atoms with E-state index in [9.17, 15) is 4.79 Å². The third-order valence-electron chi connectivity index (χ3n) is 2.49. The second kappa shape index (κ2) is 4.49. The number of hydrogen-bond acceptors (Lipinski definition) is 5. The molecule has 0 aliphatic carbocycles. The largest absolute Gasteiger partial charge is 0.456 e. The molecule has 0 spiro atoms. The van der Waals surface area contributed by atoms with Crippen LogP contribution in [0.5, 0.6) is 0 Å². The van der Waals surface area contributed by atoms with E-state index in [-0.39, 0.29) is 12.1 Å². The molecular weight excluding hydrogens is 208 g/mol. The molecule has 1 aliphatic heterocycles. The number of hydrogen-bond donors (Lipinski definition) is 1. The highest BCUT2D eigenvalue weighted by Crippen LogP contribution is 2.15. The average Bonchev–Trinajstić information content (AvgIpc) is 2.74. The lowest BCUT2D eigenvalue weighted by atomic mass is 10.2. The van der Waals surface area contributed by atoms with Gasteiger partial charge in [0, 0.05) is 6.42 Å². The van der Waals surface area contributed by atoms with Crippen molar-refractivity contribution in [2.45, 2.75) is 19.4 Å². The fraction of sp³-hybridized carbons (Fsp3) is 0.455. The van der Waals surface area contributed by atoms with Crippen LogP contribution in [0.4, 0.5) is 5.69 Å². The zero-order chi connectivity index (χ0) is 11.5. The third kappa shape index (κ3) is 2.30. The molecule has 1 aliphatic rings. The first kappa shape index (κ1) is 10.9. The first-order valence-electron chi connectivity index (χ1n) is 5.17. The van der Waals surface area contributed by atoms with E-state index in [1.54, 1.807) is 13.0 Å². The molecule has 86 valence electrons. The molecule has 0 saturated carbocycles. The number of carbonyl (C=O) groups is 1. The van der Waals surface area contributed by atoms with Gasteiger partial charge in [0.25, 0.3) is 0 Å². The lowest BCUT2D eigenvalue weighted by molar-refractivity contribution is 0.0269. The Hall–Kier alpha value is -1.62. The van der Waals surface area contributed by atoms with E-state index in [1.165, 1.54) is 6.20 Å². The summed E-state index contributed by atoms with van der Waals surface area (Å²) < 4.78 is 10.4. The number of nitrogen functional groups attached to an aromatic ring is 1. The van der Waals surface area contributed by atoms with Gasteiger partial charge >= 0.3 is 5.97 Å². The summed E-state index contributed by atoms with van der Waals surface area (Å²) in [5, 5.41) is 0. The molecule has 1 saturated heterocycles. The maximum Gasteiger partial charge on any atom is 0.340 e. The van der Waals surface area contributed by atoms with Crippen LogP contribution >= 0.6 is 0 Å². The molecule has 1 fully saturated rings. The van der Waals surface area contributed by atoms with E-state index in [2.05, 4.69) is 4.98 Å². The van der Waals surface area contributed by atoms with Gasteiger partial charge in [-0.3, -0.25) is 4.98 Å². The highest BCUT2D eigenvalue weighted by atomic mass is 16.6. The van der Waals surface area contributed by atoms with Crippen LogP contribution in [0.1, 0.15) is 22.5 Å². The predicted octanol–water partition coefficient (Wildman–Crippen LogP) is 0.918. The van der Waals surface area contributed by atoms with Crippen LogP contribution in [0.25, 0.3) is 0 Å². The van der Waals surface area contributed by atoms with Gasteiger partial charge in [0.2, 0.25) is 0 Å². The van der Waals surface area contributed by atoms with Crippen LogP contribution in [0.2, 0.25) is 0 Å². The van der Waals surface area contributed by atoms with Crippen molar-refractivity contribution in [1.29, 1.82) is 0 Å². The molecule has 1 aromatic rings. The Morgan fingerprint density at radius 1 is 1.69 bits per heavy atom. The van der Waals surface area contributed by atoms with Gasteiger partial charge < -0.3 is 15.2 Å². The molecule has 2 rings (SSSR count). The first-order chi connectivity index (χ1) is 7.66. The second-order valence-electron chi connectivity index (χ2n) is 3.79. The lowest BCUT2D eigenvalue weighted by Crippen LogP contribution is -2.19. The molecule has 2 N–H and O–H groups in total. The van der Waals surface area contributed by atoms with Gasteiger partial charge in [0.15, 0.2) is 0 Å². The van der Waals surface area contributed by atoms with Gasteiger partial charge in [-0.25, -0.2) is 4.79 Å². The van der Waals surface area contributed by atoms with E-state index in [0.717, 1.165) is 6.42 Å². The summed E-state index contributed by atoms with van der Waals surface area (Å²) in [6.45, 7) is 2.87. The van der Waals surface area contributed by atoms with Crippen LogP contribution in [0.15, 0.2) is 12.3 Å². The topological polar surface area (TPSA) is 74.4 Å². The molecule has 5 nitrogen and oxygen atoms in total. The van der Waals surface area contributed by atoms with E-state index >= 15 is 0 Å². The number of carbonyl (C=O) groups excluding carboxylic acids is 1. The SMILES string of the molecule is Cc1ncc(N)cc1C(=O)OC1CCOC1. The number of aryl methyl sites for hydroxylation is 1. The first-order valence-corrected chi connectivity index (χ1v) is 5.17. The molecule has 2 heterocycles. The lowest BCUT2D eigenvalue weighted by Gasteiger charge is -2.11. The number of ether oxygens (including phenoxy) is 2. The number of anilines is 1. The number of rotatable bonds is 2. The summed E-state index contributed by atoms with van der Waals surface area (Å²) in [7, 11) is 0. The summed E-state index contributed by atoms with van der Waals surface area (Å²) >= 11 is 0. The number of nitrogens with two attached hydrogens (primary N) is 1. The minimum Gasteiger partial charge on any atom is -0.456 e. The Labute approximate surface area is 93.6 Å². The van der Waals surface area contributed by atoms with Gasteiger partial charge in [0.1, 0.15) is 6.10 Å². The van der Waals surface area contributed by atoms with Crippen LogP contribution < -0.4 is 5.73 Å². The Balaban J connectivity index is 2.10. The van der Waals surface area contributed by atoms with Crippen molar-refractivity contribution in [3.8, 4) is 0 Å². The normalized spacial score (nSPS) is 19.7. The summed E-state index contributed by atoms with van der Waals surface area (Å²) in [5.74, 6) is -0.382. The summed E-state index contributed by atoms with van der Waals surface area (Å²) in [4.78, 5) is 15.8. The molecule has 0 amide bonds. The Bertz CT molecular complexity index is 400. The number of esters is 1. The standard InChI is InChI=1S/C11H14N2O3/c1-7-10(4-8(12)5-13-7)11(14)16-9-2-3-15-6-9/h4-5,9H,2-3,6,12H2,1H3. The fourth-order valence-electron chi connectivity index (χ4n) is 1.58. The third-order valence-corrected chi connectivity index (χ3v) is 2.49. The average molecular weight is 222 g/mol. The second-order valence-corrected chi connectivity index (χ2v) is 3.79. The molecule has 1 unspecified atom stereocenters. The van der Waals surface area contributed by atoms with Crippen molar-refractivity contribution in [2.24, 2.45) is 0 Å². The summed E-state index contributed by atoms with van der Waals surface area (Å²) in [6, 6.07) is 1.58. The minimum atomic E-state index is -0.382. The fourth-order valence-corrected chi connectivity index (χ4v) is 1.58. The van der Waals surface area contributed by atoms with Crippen LogP contribution in [-0.4, -0.2) is 30.3 Å². The quantitative estimate of drug-likeness (QED) is 0.753. The molecule has 1 atom stereocenters. The highest BCUT2D eigenvalue weighted by Gasteiger charge is 2.22. The Morgan fingerprint density at radius 3 is 3.19 bits per heavy atom. The Kier molecular flexibility index (Phi) is 3.05. The van der Waals surface area contributed by atoms with Crippen LogP contribution in [0, 0.1) is 6.92 Å². The smallest absolute Gasteiger partial charge is 0.340 e. The monoisotopic (exact) mass is 222 g/mol. The molecular formula is C11H14N2O3. The van der Waals surface area contributed by atoms with Gasteiger partial charge in [-0.1, -0.05) is 0 Å². The van der Waals surface area contributed by atoms with E-state index in [1.807, 2.05) is 0 Å². The molecule has 0 bridgehead atoms. The van der Waals surface area contributed by atoms with E-state index < -0.39 is 0 Å². The maximum atomic E-state index is 11.8. The maximum absolute atomic E-state index is 11.8. The van der Waals surface area contributed by atoms with Crippen molar-refractivity contribution in [3.63, 3.8) is 0 Å². The molecule has 0 aromatic carbocycles. The van der Waals surface area contributed by atoms with Crippen molar-refractivity contribution in [3.05, 3.63) is 23.5 Å². The van der Waals surface area contributed by atoms with E-state index in [4.69, 9.17) is 15.2 Å². The zero-order valence-electron chi connectivity index (χ0n) is 9.10. The molecule has 16 heavy (non-hydrogen) atoms. The molecule has 1 aromatic heterocycles. The number of pyridine rings is 1. The summed E-state index contributed by atoms with van der Waals surface area (Å²) in [6.07, 6.45) is 2.12. The number of nitrogens with zero attached hydrogens (tertiary/aromatic N) is 1. The zero-order valence-corrected chi connectivity index (χ0v) is 9.10. The van der Waals surface area contributed by atoms with E-state index in [0.29, 0.717) is 30.2 Å². The summed E-state index contributed by atoms with van der Waals surface area (Å²) in [5.41, 5.74) is 7.08. The molecule has 5 heteroatoms. The van der Waals surface area contributed by atoms with Crippen molar-refractivity contribution in [1.82, 2.24) is 4.98 Å². The van der Waals surface area contributed by atoms with Crippen LogP contribution in [0.3, 0.4) is 0 Å².